The highest BCUT2D eigenvalue weighted by Crippen LogP contribution is 2.33. The lowest BCUT2D eigenvalue weighted by molar-refractivity contribution is 0.122. The van der Waals surface area contributed by atoms with E-state index in [9.17, 15) is 9.18 Å². The predicted octanol–water partition coefficient (Wildman–Crippen LogP) is 3.79. The number of rotatable bonds is 8. The second kappa shape index (κ2) is 12.7. The van der Waals surface area contributed by atoms with Gasteiger partial charge >= 0.3 is 6.03 Å². The highest BCUT2D eigenvalue weighted by atomic mass is 19.1. The van der Waals surface area contributed by atoms with Crippen LogP contribution in [0.2, 0.25) is 0 Å². The van der Waals surface area contributed by atoms with Crippen LogP contribution in [0.1, 0.15) is 24.4 Å². The number of alkyl halides is 1. The molecule has 0 radical (unpaired) electrons. The van der Waals surface area contributed by atoms with E-state index in [1.807, 2.05) is 23.1 Å². The molecule has 2 N–H and O–H groups in total. The van der Waals surface area contributed by atoms with Gasteiger partial charge in [-0.2, -0.15) is 5.10 Å². The molecular formula is C29H33F2N9O2. The quantitative estimate of drug-likeness (QED) is 0.325. The summed E-state index contributed by atoms with van der Waals surface area (Å²) < 4.78 is 35.0. The van der Waals surface area contributed by atoms with E-state index in [1.165, 1.54) is 17.7 Å². The van der Waals surface area contributed by atoms with Gasteiger partial charge < -0.3 is 20.3 Å². The van der Waals surface area contributed by atoms with Crippen LogP contribution in [0.15, 0.2) is 48.9 Å². The van der Waals surface area contributed by atoms with E-state index in [-0.39, 0.29) is 18.3 Å². The van der Waals surface area contributed by atoms with Crippen LogP contribution in [-0.4, -0.2) is 88.3 Å². The average Bonchev–Trinajstić information content (AvgIpc) is 3.46. The molecule has 5 heterocycles. The van der Waals surface area contributed by atoms with Crippen LogP contribution in [0, 0.1) is 5.82 Å². The number of amides is 2. The topological polar surface area (TPSA) is 113 Å². The number of hydrogen-bond acceptors (Lipinski definition) is 8. The number of hydrogen-bond donors (Lipinski definition) is 2. The number of nitrogens with zero attached hydrogens (tertiary/aromatic N) is 7. The Labute approximate surface area is 241 Å². The Morgan fingerprint density at radius 3 is 2.64 bits per heavy atom. The third-order valence-electron chi connectivity index (χ3n) is 7.63. The Hall–Kier alpha value is -4.23. The van der Waals surface area contributed by atoms with Crippen molar-refractivity contribution in [2.75, 3.05) is 62.8 Å². The average molecular weight is 578 g/mol. The summed E-state index contributed by atoms with van der Waals surface area (Å²) in [7, 11) is 0. The summed E-state index contributed by atoms with van der Waals surface area (Å²) in [4.78, 5) is 30.5. The molecule has 2 saturated heterocycles. The third kappa shape index (κ3) is 6.16. The Bertz CT molecular complexity index is 1520. The molecule has 220 valence electrons. The number of carbonyl (C=O) groups excluding carboxylic acids is 1. The SMILES string of the molecule is O=C(NCCF)Nc1ccc(-c2nc(N3CCOCC3)c3cnn(C4CCN(Cc5cccnc5)CC4)c3n2)cc1F. The first-order valence-corrected chi connectivity index (χ1v) is 14.2. The summed E-state index contributed by atoms with van der Waals surface area (Å²) in [5.74, 6) is 0.466. The standard InChI is InChI=1S/C29H33F2N9O2/c30-7-9-33-29(41)35-25-4-3-21(16-24(25)31)26-36-27(39-12-14-42-15-13-39)23-18-34-40(28(23)37-26)22-5-10-38(11-6-22)19-20-2-1-8-32-17-20/h1-4,8,16-18,22H,5-7,9-15,19H2,(H2,33,35,41). The zero-order chi connectivity index (χ0) is 28.9. The van der Waals surface area contributed by atoms with Crippen molar-refractivity contribution in [1.29, 1.82) is 0 Å². The fraction of sp³-hybridized carbons (Fsp3) is 0.414. The number of ether oxygens (including phenoxy) is 1. The second-order valence-corrected chi connectivity index (χ2v) is 10.4. The lowest BCUT2D eigenvalue weighted by atomic mass is 10.0. The van der Waals surface area contributed by atoms with E-state index in [0.29, 0.717) is 43.3 Å². The maximum absolute atomic E-state index is 15.1. The number of anilines is 2. The number of fused-ring (bicyclic) bond motifs is 1. The van der Waals surface area contributed by atoms with Crippen molar-refractivity contribution < 1.29 is 18.3 Å². The van der Waals surface area contributed by atoms with Crippen LogP contribution in [0.25, 0.3) is 22.4 Å². The number of carbonyl (C=O) groups is 1. The van der Waals surface area contributed by atoms with Gasteiger partial charge in [-0.25, -0.2) is 28.2 Å². The van der Waals surface area contributed by atoms with Crippen molar-refractivity contribution in [3.05, 3.63) is 60.3 Å². The molecule has 0 spiro atoms. The molecule has 4 aromatic rings. The van der Waals surface area contributed by atoms with Gasteiger partial charge in [-0.1, -0.05) is 6.07 Å². The van der Waals surface area contributed by atoms with Crippen LogP contribution in [0.3, 0.4) is 0 Å². The number of nitrogens with one attached hydrogen (secondary N) is 2. The molecule has 0 bridgehead atoms. The van der Waals surface area contributed by atoms with Crippen LogP contribution in [0.4, 0.5) is 25.1 Å². The molecule has 11 nitrogen and oxygen atoms in total. The molecule has 3 aromatic heterocycles. The molecule has 13 heteroatoms. The molecule has 0 saturated carbocycles. The molecule has 42 heavy (non-hydrogen) atoms. The Morgan fingerprint density at radius 2 is 1.90 bits per heavy atom. The van der Waals surface area contributed by atoms with Gasteiger partial charge in [0, 0.05) is 57.2 Å². The Kier molecular flexibility index (Phi) is 8.47. The smallest absolute Gasteiger partial charge is 0.319 e. The zero-order valence-corrected chi connectivity index (χ0v) is 23.2. The number of aromatic nitrogens is 5. The Balaban J connectivity index is 1.28. The van der Waals surface area contributed by atoms with Gasteiger partial charge in [0.2, 0.25) is 0 Å². The van der Waals surface area contributed by atoms with Gasteiger partial charge in [-0.15, -0.1) is 0 Å². The lowest BCUT2D eigenvalue weighted by Gasteiger charge is -2.32. The lowest BCUT2D eigenvalue weighted by Crippen LogP contribution is -2.37. The number of morpholine rings is 1. The third-order valence-corrected chi connectivity index (χ3v) is 7.63. The number of benzene rings is 1. The van der Waals surface area contributed by atoms with Crippen LogP contribution >= 0.6 is 0 Å². The molecular weight excluding hydrogens is 544 g/mol. The summed E-state index contributed by atoms with van der Waals surface area (Å²) in [5.41, 5.74) is 2.35. The van der Waals surface area contributed by atoms with E-state index >= 15 is 4.39 Å². The van der Waals surface area contributed by atoms with Crippen LogP contribution < -0.4 is 15.5 Å². The number of likely N-dealkylation sites (tertiary alicyclic amines) is 1. The Morgan fingerprint density at radius 1 is 1.07 bits per heavy atom. The summed E-state index contributed by atoms with van der Waals surface area (Å²) in [6, 6.07) is 7.96. The van der Waals surface area contributed by atoms with Gasteiger partial charge in [0.1, 0.15) is 18.3 Å². The van der Waals surface area contributed by atoms with Crippen molar-refractivity contribution in [2.45, 2.75) is 25.4 Å². The minimum Gasteiger partial charge on any atom is -0.378 e. The van der Waals surface area contributed by atoms with Crippen molar-refractivity contribution >= 4 is 28.6 Å². The van der Waals surface area contributed by atoms with Crippen molar-refractivity contribution in [3.8, 4) is 11.4 Å². The number of halogens is 2. The largest absolute Gasteiger partial charge is 0.378 e. The summed E-state index contributed by atoms with van der Waals surface area (Å²) in [6.07, 6.45) is 7.36. The minimum absolute atomic E-state index is 0.0207. The van der Waals surface area contributed by atoms with E-state index in [2.05, 4.69) is 31.5 Å². The molecule has 1 aromatic carbocycles. The van der Waals surface area contributed by atoms with Crippen molar-refractivity contribution in [1.82, 2.24) is 34.9 Å². The highest BCUT2D eigenvalue weighted by Gasteiger charge is 2.26. The summed E-state index contributed by atoms with van der Waals surface area (Å²) >= 11 is 0. The molecule has 6 rings (SSSR count). The number of pyridine rings is 1. The normalized spacial score (nSPS) is 16.6. The fourth-order valence-corrected chi connectivity index (χ4v) is 5.48. The maximum Gasteiger partial charge on any atom is 0.319 e. The molecule has 2 amide bonds. The first-order chi connectivity index (χ1) is 20.6. The first kappa shape index (κ1) is 27.9. The first-order valence-electron chi connectivity index (χ1n) is 14.2. The minimum atomic E-state index is -0.707. The van der Waals surface area contributed by atoms with Gasteiger partial charge in [0.25, 0.3) is 0 Å². The maximum atomic E-state index is 15.1. The van der Waals surface area contributed by atoms with E-state index < -0.39 is 18.5 Å². The highest BCUT2D eigenvalue weighted by molar-refractivity contribution is 5.90. The number of piperidine rings is 1. The molecule has 2 fully saturated rings. The molecule has 0 unspecified atom stereocenters. The molecule has 0 aliphatic carbocycles. The van der Waals surface area contributed by atoms with Gasteiger partial charge in [-0.05, 0) is 42.7 Å². The van der Waals surface area contributed by atoms with Crippen molar-refractivity contribution in [2.24, 2.45) is 0 Å². The van der Waals surface area contributed by atoms with Gasteiger partial charge in [0.15, 0.2) is 11.5 Å². The second-order valence-electron chi connectivity index (χ2n) is 10.4. The molecule has 2 aliphatic heterocycles. The summed E-state index contributed by atoms with van der Waals surface area (Å²) in [6.45, 7) is 4.38. The van der Waals surface area contributed by atoms with Gasteiger partial charge in [0.05, 0.1) is 36.5 Å². The van der Waals surface area contributed by atoms with Crippen LogP contribution in [-0.2, 0) is 11.3 Å². The number of urea groups is 1. The predicted molar refractivity (Wildman–Crippen MR) is 155 cm³/mol. The van der Waals surface area contributed by atoms with Gasteiger partial charge in [-0.3, -0.25) is 9.88 Å². The fourth-order valence-electron chi connectivity index (χ4n) is 5.48. The van der Waals surface area contributed by atoms with E-state index in [0.717, 1.165) is 43.7 Å². The summed E-state index contributed by atoms with van der Waals surface area (Å²) in [5, 5.41) is 10.4. The van der Waals surface area contributed by atoms with E-state index in [1.54, 1.807) is 12.3 Å². The molecule has 0 atom stereocenters. The zero-order valence-electron chi connectivity index (χ0n) is 23.2. The van der Waals surface area contributed by atoms with Crippen molar-refractivity contribution in [3.63, 3.8) is 0 Å². The molecule has 2 aliphatic rings. The van der Waals surface area contributed by atoms with Crippen LogP contribution in [0.5, 0.6) is 0 Å². The van der Waals surface area contributed by atoms with E-state index in [4.69, 9.17) is 19.8 Å². The monoisotopic (exact) mass is 577 g/mol.